The molecule has 1 saturated carbocycles. The van der Waals surface area contributed by atoms with E-state index in [0.717, 1.165) is 31.6 Å². The van der Waals surface area contributed by atoms with E-state index in [2.05, 4.69) is 39.4 Å². The maximum Gasteiger partial charge on any atom is 0.306 e. The summed E-state index contributed by atoms with van der Waals surface area (Å²) >= 11 is 1.56. The summed E-state index contributed by atoms with van der Waals surface area (Å²) in [5, 5.41) is 32.0. The average molecular weight is 395 g/mol. The lowest BCUT2D eigenvalue weighted by Gasteiger charge is -2.15. The number of aliphatic hydroxyl groups is 1. The maximum atomic E-state index is 11.3. The van der Waals surface area contributed by atoms with Crippen LogP contribution in [-0.4, -0.2) is 59.5 Å². The van der Waals surface area contributed by atoms with E-state index < -0.39 is 24.0 Å². The number of nitrogens with one attached hydrogen (secondary N) is 1. The molecule has 0 saturated heterocycles. The predicted octanol–water partition coefficient (Wildman–Crippen LogP) is 2.33. The second kappa shape index (κ2) is 8.83. The van der Waals surface area contributed by atoms with Gasteiger partial charge in [-0.25, -0.2) is 14.6 Å². The standard InChI is InChI=1S/C17H26N6O3S/c1-3-5-6-18-14-13-15(20-17(19-14)27-7-4-2)23(22-21-13)11-8-10(16(25)26)9-12(11)24/h10-12,24H,3-9H2,1-2H3,(H,25,26)(H,18,19,20)/t10-,11+,12+/m0/s1. The molecule has 0 bridgehead atoms. The summed E-state index contributed by atoms with van der Waals surface area (Å²) in [4.78, 5) is 20.5. The van der Waals surface area contributed by atoms with E-state index in [9.17, 15) is 15.0 Å². The van der Waals surface area contributed by atoms with Crippen molar-refractivity contribution in [2.75, 3.05) is 17.6 Å². The Kier molecular flexibility index (Phi) is 6.48. The van der Waals surface area contributed by atoms with E-state index in [4.69, 9.17) is 0 Å². The van der Waals surface area contributed by atoms with E-state index >= 15 is 0 Å². The summed E-state index contributed by atoms with van der Waals surface area (Å²) in [6, 6.07) is -0.446. The monoisotopic (exact) mass is 394 g/mol. The summed E-state index contributed by atoms with van der Waals surface area (Å²) in [6.07, 6.45) is 2.83. The van der Waals surface area contributed by atoms with Gasteiger partial charge >= 0.3 is 5.97 Å². The lowest BCUT2D eigenvalue weighted by molar-refractivity contribution is -0.141. The number of hydrogen-bond acceptors (Lipinski definition) is 8. The number of aromatic nitrogens is 5. The number of carboxylic acids is 1. The van der Waals surface area contributed by atoms with E-state index in [1.165, 1.54) is 0 Å². The number of unbranched alkanes of at least 4 members (excludes halogenated alkanes) is 1. The lowest BCUT2D eigenvalue weighted by atomic mass is 10.1. The predicted molar refractivity (Wildman–Crippen MR) is 103 cm³/mol. The van der Waals surface area contributed by atoms with Gasteiger partial charge in [0.2, 0.25) is 0 Å². The fraction of sp³-hybridized carbons (Fsp3) is 0.706. The van der Waals surface area contributed by atoms with E-state index in [-0.39, 0.29) is 6.42 Å². The van der Waals surface area contributed by atoms with Gasteiger partial charge in [0.05, 0.1) is 18.1 Å². The number of fused-ring (bicyclic) bond motifs is 1. The molecule has 0 radical (unpaired) electrons. The van der Waals surface area contributed by atoms with E-state index in [0.29, 0.717) is 28.6 Å². The van der Waals surface area contributed by atoms with Crippen molar-refractivity contribution in [2.24, 2.45) is 5.92 Å². The fourth-order valence-corrected chi connectivity index (χ4v) is 3.95. The number of thioether (sulfide) groups is 1. The normalized spacial score (nSPS) is 22.4. The zero-order chi connectivity index (χ0) is 19.4. The molecule has 0 spiro atoms. The fourth-order valence-electron chi connectivity index (χ4n) is 3.26. The van der Waals surface area contributed by atoms with Crippen LogP contribution in [0.5, 0.6) is 0 Å². The van der Waals surface area contributed by atoms with Crippen molar-refractivity contribution in [3.05, 3.63) is 0 Å². The number of hydrogen-bond donors (Lipinski definition) is 3. The Labute approximate surface area is 162 Å². The van der Waals surface area contributed by atoms with Crippen LogP contribution in [0.3, 0.4) is 0 Å². The molecule has 148 valence electrons. The van der Waals surface area contributed by atoms with Gasteiger partial charge < -0.3 is 15.5 Å². The highest BCUT2D eigenvalue weighted by Gasteiger charge is 2.39. The van der Waals surface area contributed by atoms with Crippen LogP contribution >= 0.6 is 11.8 Å². The number of nitrogens with zero attached hydrogens (tertiary/aromatic N) is 5. The summed E-state index contributed by atoms with van der Waals surface area (Å²) in [6.45, 7) is 5.00. The van der Waals surface area contributed by atoms with Crippen molar-refractivity contribution in [3.63, 3.8) is 0 Å². The maximum absolute atomic E-state index is 11.3. The Bertz CT molecular complexity index is 798. The van der Waals surface area contributed by atoms with Crippen molar-refractivity contribution in [2.45, 2.75) is 63.3 Å². The van der Waals surface area contributed by atoms with Crippen molar-refractivity contribution in [1.29, 1.82) is 0 Å². The lowest BCUT2D eigenvalue weighted by Crippen LogP contribution is -2.20. The van der Waals surface area contributed by atoms with Crippen LogP contribution in [0.25, 0.3) is 11.2 Å². The molecule has 3 N–H and O–H groups in total. The smallest absolute Gasteiger partial charge is 0.306 e. The van der Waals surface area contributed by atoms with Gasteiger partial charge in [0.25, 0.3) is 0 Å². The minimum atomic E-state index is -0.892. The van der Waals surface area contributed by atoms with Gasteiger partial charge in [-0.2, -0.15) is 0 Å². The number of anilines is 1. The molecule has 2 aromatic rings. The Balaban J connectivity index is 1.96. The van der Waals surface area contributed by atoms with Gasteiger partial charge in [0.15, 0.2) is 22.1 Å². The minimum absolute atomic E-state index is 0.214. The summed E-state index contributed by atoms with van der Waals surface area (Å²) < 4.78 is 1.58. The number of aliphatic carboxylic acids is 1. The summed E-state index contributed by atoms with van der Waals surface area (Å²) in [7, 11) is 0. The molecule has 2 aromatic heterocycles. The van der Waals surface area contributed by atoms with Gasteiger partial charge in [-0.3, -0.25) is 4.79 Å². The number of carboxylic acid groups (broad SMARTS) is 1. The van der Waals surface area contributed by atoms with Crippen LogP contribution in [0.15, 0.2) is 5.16 Å². The van der Waals surface area contributed by atoms with Crippen LogP contribution in [0.1, 0.15) is 52.0 Å². The van der Waals surface area contributed by atoms with Gasteiger partial charge in [-0.15, -0.1) is 5.10 Å². The second-order valence-electron chi connectivity index (χ2n) is 6.83. The molecule has 0 aromatic carbocycles. The molecule has 2 heterocycles. The molecule has 3 atom stereocenters. The van der Waals surface area contributed by atoms with E-state index in [1.54, 1.807) is 16.4 Å². The topological polar surface area (TPSA) is 126 Å². The first-order chi connectivity index (χ1) is 13.0. The first-order valence-corrected chi connectivity index (χ1v) is 10.4. The zero-order valence-corrected chi connectivity index (χ0v) is 16.4. The van der Waals surface area contributed by atoms with Crippen molar-refractivity contribution < 1.29 is 15.0 Å². The highest BCUT2D eigenvalue weighted by Crippen LogP contribution is 2.36. The van der Waals surface area contributed by atoms with Gasteiger partial charge in [0, 0.05) is 12.3 Å². The van der Waals surface area contributed by atoms with Crippen LogP contribution < -0.4 is 5.32 Å². The van der Waals surface area contributed by atoms with Crippen LogP contribution in [0.2, 0.25) is 0 Å². The molecule has 9 nitrogen and oxygen atoms in total. The molecule has 1 fully saturated rings. The third-order valence-electron chi connectivity index (χ3n) is 4.72. The Hall–Kier alpha value is -1.94. The van der Waals surface area contributed by atoms with Gasteiger partial charge in [-0.1, -0.05) is 37.2 Å². The van der Waals surface area contributed by atoms with Gasteiger partial charge in [0.1, 0.15) is 0 Å². The number of rotatable bonds is 9. The highest BCUT2D eigenvalue weighted by molar-refractivity contribution is 7.99. The first kappa shape index (κ1) is 19.8. The van der Waals surface area contributed by atoms with Crippen molar-refractivity contribution in [1.82, 2.24) is 25.0 Å². The van der Waals surface area contributed by atoms with Gasteiger partial charge in [-0.05, 0) is 25.7 Å². The molecule has 27 heavy (non-hydrogen) atoms. The largest absolute Gasteiger partial charge is 0.481 e. The molecular formula is C17H26N6O3S. The molecule has 1 aliphatic rings. The van der Waals surface area contributed by atoms with Crippen LogP contribution in [0, 0.1) is 5.92 Å². The number of aliphatic hydroxyl groups excluding tert-OH is 1. The third-order valence-corrected chi connectivity index (χ3v) is 5.77. The molecule has 0 aliphatic heterocycles. The zero-order valence-electron chi connectivity index (χ0n) is 15.6. The molecule has 3 rings (SSSR count). The third kappa shape index (κ3) is 4.32. The SMILES string of the molecule is CCCCNc1nc(SCCC)nc2c1nnn2[C@@H]1C[C@H](C(=O)O)C[C@H]1O. The molecule has 0 amide bonds. The second-order valence-corrected chi connectivity index (χ2v) is 7.89. The average Bonchev–Trinajstić information content (AvgIpc) is 3.23. The summed E-state index contributed by atoms with van der Waals surface area (Å²) in [5.41, 5.74) is 1.09. The van der Waals surface area contributed by atoms with Crippen molar-refractivity contribution >= 4 is 34.7 Å². The molecule has 1 aliphatic carbocycles. The van der Waals surface area contributed by atoms with Crippen LogP contribution in [-0.2, 0) is 4.79 Å². The van der Waals surface area contributed by atoms with Crippen LogP contribution in [0.4, 0.5) is 5.82 Å². The highest BCUT2D eigenvalue weighted by atomic mass is 32.2. The molecule has 10 heteroatoms. The first-order valence-electron chi connectivity index (χ1n) is 9.45. The Morgan fingerprint density at radius 3 is 2.78 bits per heavy atom. The minimum Gasteiger partial charge on any atom is -0.481 e. The summed E-state index contributed by atoms with van der Waals surface area (Å²) in [5.74, 6) is 0.0636. The molecular weight excluding hydrogens is 368 g/mol. The molecule has 0 unspecified atom stereocenters. The number of carbonyl (C=O) groups is 1. The Morgan fingerprint density at radius 2 is 2.11 bits per heavy atom. The van der Waals surface area contributed by atoms with E-state index in [1.807, 2.05) is 0 Å². The van der Waals surface area contributed by atoms with Crippen molar-refractivity contribution in [3.8, 4) is 0 Å². The Morgan fingerprint density at radius 1 is 1.30 bits per heavy atom. The quantitative estimate of drug-likeness (QED) is 0.334.